The van der Waals surface area contributed by atoms with E-state index >= 15 is 0 Å². The van der Waals surface area contributed by atoms with E-state index in [1.807, 2.05) is 23.1 Å². The molecule has 1 unspecified atom stereocenters. The van der Waals surface area contributed by atoms with Gasteiger partial charge in [-0.15, -0.1) is 0 Å². The van der Waals surface area contributed by atoms with Crippen LogP contribution in [0.5, 0.6) is 0 Å². The summed E-state index contributed by atoms with van der Waals surface area (Å²) in [5, 5.41) is 4.49. The van der Waals surface area contributed by atoms with Crippen molar-refractivity contribution in [1.29, 1.82) is 0 Å². The lowest BCUT2D eigenvalue weighted by Gasteiger charge is -2.29. The van der Waals surface area contributed by atoms with Crippen molar-refractivity contribution in [2.24, 2.45) is 5.92 Å². The minimum absolute atomic E-state index is 0.139. The minimum atomic E-state index is 0.139. The maximum Gasteiger partial charge on any atom is 0.232 e. The number of anilines is 1. The first kappa shape index (κ1) is 20.6. The van der Waals surface area contributed by atoms with Gasteiger partial charge in [0.25, 0.3) is 0 Å². The summed E-state index contributed by atoms with van der Waals surface area (Å²) in [6.07, 6.45) is 8.92. The summed E-state index contributed by atoms with van der Waals surface area (Å²) in [5.41, 5.74) is 2.94. The highest BCUT2D eigenvalue weighted by Gasteiger charge is 2.33. The van der Waals surface area contributed by atoms with Gasteiger partial charge >= 0.3 is 0 Å². The highest BCUT2D eigenvalue weighted by atomic mass is 16.5. The summed E-state index contributed by atoms with van der Waals surface area (Å²) in [4.78, 5) is 17.9. The number of carbonyl (C=O) groups excluding carboxylic acids is 1. The zero-order valence-electron chi connectivity index (χ0n) is 18.3. The largest absolute Gasteiger partial charge is 0.376 e. The average molecular weight is 424 g/mol. The van der Waals surface area contributed by atoms with Crippen molar-refractivity contribution in [3.8, 4) is 11.3 Å². The fourth-order valence-electron chi connectivity index (χ4n) is 5.32. The maximum absolute atomic E-state index is 13.5. The summed E-state index contributed by atoms with van der Waals surface area (Å²) in [5.74, 6) is 1.27. The van der Waals surface area contributed by atoms with Gasteiger partial charge in [-0.05, 0) is 38.5 Å². The molecule has 5 rings (SSSR count). The fourth-order valence-corrected chi connectivity index (χ4v) is 5.32. The maximum atomic E-state index is 13.5. The third kappa shape index (κ3) is 4.49. The molecule has 1 aromatic carbocycles. The molecule has 2 aromatic rings. The van der Waals surface area contributed by atoms with Crippen LogP contribution in [0.25, 0.3) is 11.3 Å². The molecule has 1 aliphatic carbocycles. The van der Waals surface area contributed by atoms with Crippen molar-refractivity contribution in [2.45, 2.75) is 64.0 Å². The van der Waals surface area contributed by atoms with Crippen molar-refractivity contribution < 1.29 is 14.1 Å². The number of amides is 1. The highest BCUT2D eigenvalue weighted by molar-refractivity contribution is 5.80. The topological polar surface area (TPSA) is 58.8 Å². The molecule has 31 heavy (non-hydrogen) atoms. The number of hydrogen-bond acceptors (Lipinski definition) is 5. The van der Waals surface area contributed by atoms with Gasteiger partial charge < -0.3 is 19.1 Å². The van der Waals surface area contributed by atoms with Crippen molar-refractivity contribution in [3.63, 3.8) is 0 Å². The predicted octanol–water partition coefficient (Wildman–Crippen LogP) is 4.64. The molecule has 0 N–H and O–H groups in total. The van der Waals surface area contributed by atoms with E-state index in [0.717, 1.165) is 80.9 Å². The van der Waals surface area contributed by atoms with Gasteiger partial charge in [-0.25, -0.2) is 0 Å². The molecule has 3 fully saturated rings. The number of carbonyl (C=O) groups is 1. The van der Waals surface area contributed by atoms with E-state index in [9.17, 15) is 4.79 Å². The Morgan fingerprint density at radius 2 is 1.81 bits per heavy atom. The van der Waals surface area contributed by atoms with Crippen molar-refractivity contribution >= 4 is 11.8 Å². The molecule has 6 heteroatoms. The SMILES string of the molecule is O=C(C1CCCC1)N(Cc1c(-c2ccccc2)noc1N1CCCC1)CC1CCCO1. The molecular formula is C25H33N3O3. The first-order chi connectivity index (χ1) is 15.3. The van der Waals surface area contributed by atoms with Crippen LogP contribution >= 0.6 is 0 Å². The first-order valence-electron chi connectivity index (χ1n) is 12.0. The second-order valence-corrected chi connectivity index (χ2v) is 9.21. The Hall–Kier alpha value is -2.34. The highest BCUT2D eigenvalue weighted by Crippen LogP contribution is 2.35. The molecule has 0 radical (unpaired) electrons. The smallest absolute Gasteiger partial charge is 0.232 e. The Bertz CT molecular complexity index is 863. The van der Waals surface area contributed by atoms with Crippen molar-refractivity contribution in [1.82, 2.24) is 10.1 Å². The van der Waals surface area contributed by atoms with Gasteiger partial charge in [-0.3, -0.25) is 4.79 Å². The first-order valence-corrected chi connectivity index (χ1v) is 12.0. The normalized spacial score (nSPS) is 21.8. The van der Waals surface area contributed by atoms with Crippen LogP contribution in [0.3, 0.4) is 0 Å². The second kappa shape index (κ2) is 9.43. The number of benzene rings is 1. The molecule has 2 aliphatic heterocycles. The predicted molar refractivity (Wildman–Crippen MR) is 120 cm³/mol. The monoisotopic (exact) mass is 423 g/mol. The van der Waals surface area contributed by atoms with Crippen molar-refractivity contribution in [2.75, 3.05) is 31.1 Å². The Kier molecular flexibility index (Phi) is 6.25. The van der Waals surface area contributed by atoms with Crippen LogP contribution in [-0.4, -0.2) is 48.3 Å². The molecule has 1 amide bonds. The van der Waals surface area contributed by atoms with Gasteiger partial charge in [0.2, 0.25) is 11.8 Å². The van der Waals surface area contributed by atoms with Crippen LogP contribution in [0.15, 0.2) is 34.9 Å². The molecule has 0 spiro atoms. The number of ether oxygens (including phenoxy) is 1. The lowest BCUT2D eigenvalue weighted by Crippen LogP contribution is -2.40. The van der Waals surface area contributed by atoms with E-state index in [2.05, 4.69) is 22.2 Å². The third-order valence-electron chi connectivity index (χ3n) is 7.02. The van der Waals surface area contributed by atoms with E-state index < -0.39 is 0 Å². The van der Waals surface area contributed by atoms with Gasteiger partial charge in [0.15, 0.2) is 0 Å². The quantitative estimate of drug-likeness (QED) is 0.649. The lowest BCUT2D eigenvalue weighted by atomic mass is 10.0. The Labute approximate surface area is 184 Å². The van der Waals surface area contributed by atoms with E-state index in [1.165, 1.54) is 12.8 Å². The summed E-state index contributed by atoms with van der Waals surface area (Å²) in [6, 6.07) is 10.2. The summed E-state index contributed by atoms with van der Waals surface area (Å²) in [7, 11) is 0. The second-order valence-electron chi connectivity index (χ2n) is 9.21. The molecular weight excluding hydrogens is 390 g/mol. The Morgan fingerprint density at radius 3 is 2.52 bits per heavy atom. The van der Waals surface area contributed by atoms with Crippen LogP contribution in [-0.2, 0) is 16.1 Å². The Balaban J connectivity index is 1.47. The average Bonchev–Trinajstić information content (AvgIpc) is 3.61. The molecule has 166 valence electrons. The summed E-state index contributed by atoms with van der Waals surface area (Å²) < 4.78 is 11.8. The molecule has 0 bridgehead atoms. The van der Waals surface area contributed by atoms with Gasteiger partial charge in [0.05, 0.1) is 18.2 Å². The molecule has 2 saturated heterocycles. The van der Waals surface area contributed by atoms with E-state index in [0.29, 0.717) is 13.1 Å². The van der Waals surface area contributed by atoms with E-state index in [4.69, 9.17) is 9.26 Å². The number of hydrogen-bond donors (Lipinski definition) is 0. The van der Waals surface area contributed by atoms with E-state index in [1.54, 1.807) is 0 Å². The van der Waals surface area contributed by atoms with Crippen LogP contribution in [0.2, 0.25) is 0 Å². The number of aromatic nitrogens is 1. The molecule has 6 nitrogen and oxygen atoms in total. The minimum Gasteiger partial charge on any atom is -0.376 e. The summed E-state index contributed by atoms with van der Waals surface area (Å²) >= 11 is 0. The van der Waals surface area contributed by atoms with Gasteiger partial charge in [0.1, 0.15) is 5.69 Å². The fraction of sp³-hybridized carbons (Fsp3) is 0.600. The number of nitrogens with zero attached hydrogens (tertiary/aromatic N) is 3. The zero-order valence-corrected chi connectivity index (χ0v) is 18.3. The van der Waals surface area contributed by atoms with Crippen molar-refractivity contribution in [3.05, 3.63) is 35.9 Å². The summed E-state index contributed by atoms with van der Waals surface area (Å²) in [6.45, 7) is 3.97. The molecule has 1 saturated carbocycles. The van der Waals surface area contributed by atoms with Gasteiger partial charge in [-0.2, -0.15) is 0 Å². The molecule has 3 heterocycles. The van der Waals surface area contributed by atoms with Gasteiger partial charge in [0, 0.05) is 37.7 Å². The van der Waals surface area contributed by atoms with Crippen LogP contribution in [0.4, 0.5) is 5.88 Å². The van der Waals surface area contributed by atoms with E-state index in [-0.39, 0.29) is 17.9 Å². The molecule has 3 aliphatic rings. The standard InChI is InChI=1S/C25H33N3O3/c29-24(20-11-4-5-12-20)28(17-21-13-8-16-30-21)18-22-23(19-9-2-1-3-10-19)26-31-25(22)27-14-6-7-15-27/h1-3,9-10,20-21H,4-8,11-18H2. The molecule has 1 atom stereocenters. The zero-order chi connectivity index (χ0) is 21.0. The van der Waals surface area contributed by atoms with Crippen LogP contribution in [0.1, 0.15) is 56.9 Å². The van der Waals surface area contributed by atoms with Gasteiger partial charge in [-0.1, -0.05) is 48.3 Å². The number of rotatable bonds is 7. The Morgan fingerprint density at radius 1 is 1.03 bits per heavy atom. The molecule has 1 aromatic heterocycles. The van der Waals surface area contributed by atoms with Crippen LogP contribution in [0, 0.1) is 5.92 Å². The third-order valence-corrected chi connectivity index (χ3v) is 7.02. The van der Waals surface area contributed by atoms with Crippen LogP contribution < -0.4 is 4.90 Å². The lowest BCUT2D eigenvalue weighted by molar-refractivity contribution is -0.137.